The number of hydrogen-bond donors (Lipinski definition) is 5. The van der Waals surface area contributed by atoms with Crippen molar-refractivity contribution in [2.24, 2.45) is 0 Å². The lowest BCUT2D eigenvalue weighted by atomic mass is 10.00. The van der Waals surface area contributed by atoms with E-state index < -0.39 is 22.7 Å². The van der Waals surface area contributed by atoms with Crippen LogP contribution >= 0.6 is 0 Å². The van der Waals surface area contributed by atoms with Gasteiger partial charge in [-0.2, -0.15) is 0 Å². The Morgan fingerprint density at radius 3 is 2.17 bits per heavy atom. The highest BCUT2D eigenvalue weighted by Crippen LogP contribution is 2.40. The Kier molecular flexibility index (Phi) is 4.27. The van der Waals surface area contributed by atoms with Gasteiger partial charge in [-0.25, -0.2) is 0 Å². The van der Waals surface area contributed by atoms with Crippen LogP contribution in [0.25, 0.3) is 22.3 Å². The number of fused-ring (bicyclic) bond motifs is 1. The molecular formula is C22H16O7. The molecule has 7 nitrogen and oxygen atoms in total. The molecule has 0 saturated heterocycles. The topological polar surface area (TPSA) is 131 Å². The Morgan fingerprint density at radius 1 is 0.759 bits per heavy atom. The Morgan fingerprint density at radius 2 is 1.48 bits per heavy atom. The number of phenols is 4. The average Bonchev–Trinajstić information content (AvgIpc) is 2.70. The molecule has 146 valence electrons. The molecule has 29 heavy (non-hydrogen) atoms. The second kappa shape index (κ2) is 6.79. The summed E-state index contributed by atoms with van der Waals surface area (Å²) in [5.41, 5.74) is 0.0413. The lowest BCUT2D eigenvalue weighted by molar-refractivity contribution is 0.403. The Labute approximate surface area is 164 Å². The summed E-state index contributed by atoms with van der Waals surface area (Å²) in [4.78, 5) is 12.7. The number of phenolic OH excluding ortho intramolecular Hbond substituents is 4. The Hall–Kier alpha value is -4.13. The van der Waals surface area contributed by atoms with Gasteiger partial charge in [-0.1, -0.05) is 30.3 Å². The van der Waals surface area contributed by atoms with Gasteiger partial charge < -0.3 is 29.9 Å². The molecule has 0 atom stereocenters. The fraction of sp³-hybridized carbons (Fsp3) is 0.0455. The van der Waals surface area contributed by atoms with Crippen LogP contribution in [0.15, 0.2) is 63.8 Å². The molecule has 0 saturated carbocycles. The molecule has 0 amide bonds. The maximum Gasteiger partial charge on any atom is 0.238 e. The van der Waals surface area contributed by atoms with Gasteiger partial charge in [0.15, 0.2) is 17.3 Å². The first-order chi connectivity index (χ1) is 13.9. The SMILES string of the molecule is O=c1c(O)c(-c2ccc(O)c(O)c2)oc2cc(O)c(Cc3ccccc3)c(O)c12. The van der Waals surface area contributed by atoms with E-state index in [1.807, 2.05) is 30.3 Å². The van der Waals surface area contributed by atoms with E-state index in [4.69, 9.17) is 4.42 Å². The molecule has 0 radical (unpaired) electrons. The van der Waals surface area contributed by atoms with Crippen molar-refractivity contribution in [3.8, 4) is 40.1 Å². The third-order valence-electron chi connectivity index (χ3n) is 4.68. The highest BCUT2D eigenvalue weighted by molar-refractivity contribution is 5.90. The third-order valence-corrected chi connectivity index (χ3v) is 4.68. The van der Waals surface area contributed by atoms with Crippen LogP contribution in [-0.4, -0.2) is 25.5 Å². The van der Waals surface area contributed by atoms with E-state index in [0.717, 1.165) is 11.6 Å². The first-order valence-corrected chi connectivity index (χ1v) is 8.66. The quantitative estimate of drug-likeness (QED) is 0.337. The number of hydrogen-bond acceptors (Lipinski definition) is 7. The van der Waals surface area contributed by atoms with E-state index in [1.165, 1.54) is 18.2 Å². The summed E-state index contributed by atoms with van der Waals surface area (Å²) in [5, 5.41) is 50.2. The third kappa shape index (κ3) is 3.08. The van der Waals surface area contributed by atoms with Crippen LogP contribution < -0.4 is 5.43 Å². The highest BCUT2D eigenvalue weighted by atomic mass is 16.4. The average molecular weight is 392 g/mol. The van der Waals surface area contributed by atoms with E-state index in [2.05, 4.69) is 0 Å². The smallest absolute Gasteiger partial charge is 0.238 e. The molecule has 4 rings (SSSR count). The largest absolute Gasteiger partial charge is 0.507 e. The number of benzene rings is 3. The van der Waals surface area contributed by atoms with Crippen molar-refractivity contribution in [1.29, 1.82) is 0 Å². The molecule has 4 aromatic rings. The summed E-state index contributed by atoms with van der Waals surface area (Å²) in [6.45, 7) is 0. The van der Waals surface area contributed by atoms with Crippen LogP contribution in [-0.2, 0) is 6.42 Å². The minimum Gasteiger partial charge on any atom is -0.507 e. The van der Waals surface area contributed by atoms with Crippen LogP contribution in [0, 0.1) is 0 Å². The van der Waals surface area contributed by atoms with Gasteiger partial charge in [0.25, 0.3) is 0 Å². The normalized spacial score (nSPS) is 11.0. The Balaban J connectivity index is 1.93. The first-order valence-electron chi connectivity index (χ1n) is 8.66. The molecule has 0 aliphatic heterocycles. The van der Waals surface area contributed by atoms with Crippen molar-refractivity contribution in [3.05, 3.63) is 75.9 Å². The molecule has 0 bridgehead atoms. The van der Waals surface area contributed by atoms with Gasteiger partial charge >= 0.3 is 0 Å². The van der Waals surface area contributed by atoms with E-state index in [0.29, 0.717) is 0 Å². The molecular weight excluding hydrogens is 376 g/mol. The molecule has 0 unspecified atom stereocenters. The highest BCUT2D eigenvalue weighted by Gasteiger charge is 2.22. The number of aromatic hydroxyl groups is 5. The van der Waals surface area contributed by atoms with Crippen LogP contribution in [0.4, 0.5) is 0 Å². The monoisotopic (exact) mass is 392 g/mol. The van der Waals surface area contributed by atoms with Crippen LogP contribution in [0.2, 0.25) is 0 Å². The summed E-state index contributed by atoms with van der Waals surface area (Å²) in [6, 6.07) is 13.9. The molecule has 0 aliphatic carbocycles. The molecule has 1 heterocycles. The lowest BCUT2D eigenvalue weighted by Crippen LogP contribution is -2.04. The van der Waals surface area contributed by atoms with Gasteiger partial charge in [0.1, 0.15) is 22.5 Å². The Bertz CT molecular complexity index is 1290. The minimum atomic E-state index is -0.888. The zero-order valence-corrected chi connectivity index (χ0v) is 15.0. The maximum atomic E-state index is 12.7. The lowest BCUT2D eigenvalue weighted by Gasteiger charge is -2.12. The molecule has 0 aliphatic rings. The zero-order valence-electron chi connectivity index (χ0n) is 15.0. The summed E-state index contributed by atoms with van der Waals surface area (Å²) in [7, 11) is 0. The van der Waals surface area contributed by atoms with Crippen LogP contribution in [0.3, 0.4) is 0 Å². The van der Waals surface area contributed by atoms with Crippen molar-refractivity contribution in [3.63, 3.8) is 0 Å². The van der Waals surface area contributed by atoms with Gasteiger partial charge in [-0.05, 0) is 23.8 Å². The molecule has 0 spiro atoms. The van der Waals surface area contributed by atoms with Gasteiger partial charge in [-0.15, -0.1) is 0 Å². The van der Waals surface area contributed by atoms with Crippen molar-refractivity contribution in [2.75, 3.05) is 0 Å². The van der Waals surface area contributed by atoms with E-state index in [1.54, 1.807) is 0 Å². The fourth-order valence-corrected chi connectivity index (χ4v) is 3.19. The molecule has 7 heteroatoms. The predicted molar refractivity (Wildman–Crippen MR) is 105 cm³/mol. The van der Waals surface area contributed by atoms with Crippen molar-refractivity contribution < 1.29 is 29.9 Å². The van der Waals surface area contributed by atoms with Crippen molar-refractivity contribution >= 4 is 11.0 Å². The standard InChI is InChI=1S/C22H16O7/c23-14-7-6-12(9-16(14)25)22-21(28)20(27)18-17(29-22)10-15(24)13(19(18)26)8-11-4-2-1-3-5-11/h1-7,9-10,23-26,28H,8H2. The van der Waals surface area contributed by atoms with Gasteiger partial charge in [0.2, 0.25) is 11.2 Å². The fourth-order valence-electron chi connectivity index (χ4n) is 3.19. The van der Waals surface area contributed by atoms with Crippen LogP contribution in [0.5, 0.6) is 28.7 Å². The van der Waals surface area contributed by atoms with Crippen LogP contribution in [0.1, 0.15) is 11.1 Å². The van der Waals surface area contributed by atoms with Crippen molar-refractivity contribution in [1.82, 2.24) is 0 Å². The summed E-state index contributed by atoms with van der Waals surface area (Å²) >= 11 is 0. The first kappa shape index (κ1) is 18.2. The second-order valence-electron chi connectivity index (χ2n) is 6.57. The summed E-state index contributed by atoms with van der Waals surface area (Å²) in [6.07, 6.45) is 0.169. The van der Waals surface area contributed by atoms with Gasteiger partial charge in [0.05, 0.1) is 0 Å². The van der Waals surface area contributed by atoms with E-state index in [-0.39, 0.29) is 45.8 Å². The summed E-state index contributed by atoms with van der Waals surface area (Å²) < 4.78 is 5.56. The zero-order chi connectivity index (χ0) is 20.7. The van der Waals surface area contributed by atoms with E-state index >= 15 is 0 Å². The van der Waals surface area contributed by atoms with Crippen molar-refractivity contribution in [2.45, 2.75) is 6.42 Å². The molecule has 3 aromatic carbocycles. The minimum absolute atomic E-state index is 0.129. The predicted octanol–water partition coefficient (Wildman–Crippen LogP) is 3.58. The second-order valence-corrected chi connectivity index (χ2v) is 6.57. The molecule has 1 aromatic heterocycles. The van der Waals surface area contributed by atoms with Gasteiger partial charge in [-0.3, -0.25) is 4.79 Å². The summed E-state index contributed by atoms with van der Waals surface area (Å²) in [5.74, 6) is -2.63. The van der Waals surface area contributed by atoms with E-state index in [9.17, 15) is 30.3 Å². The molecule has 5 N–H and O–H groups in total. The van der Waals surface area contributed by atoms with Gasteiger partial charge in [0, 0.05) is 23.6 Å². The number of rotatable bonds is 3. The maximum absolute atomic E-state index is 12.7. The molecule has 0 fully saturated rings.